The minimum Gasteiger partial charge on any atom is -0.497 e. The van der Waals surface area contributed by atoms with Gasteiger partial charge in [-0.2, -0.15) is 5.26 Å². The van der Waals surface area contributed by atoms with Crippen LogP contribution in [-0.2, 0) is 4.79 Å². The lowest BCUT2D eigenvalue weighted by Gasteiger charge is -2.27. The van der Waals surface area contributed by atoms with Crippen LogP contribution in [0.1, 0.15) is 61.6 Å². The fraction of sp³-hybridized carbons (Fsp3) is 0.294. The molecule has 0 radical (unpaired) electrons. The molecule has 8 nitrogen and oxygen atoms in total. The molecule has 0 bridgehead atoms. The Labute approximate surface area is 246 Å². The number of carbonyl (C=O) groups excluding carboxylic acids is 1. The van der Waals surface area contributed by atoms with E-state index in [1.165, 1.54) is 25.3 Å². The summed E-state index contributed by atoms with van der Waals surface area (Å²) in [5, 5.41) is 9.95. The third-order valence-corrected chi connectivity index (χ3v) is 6.96. The van der Waals surface area contributed by atoms with E-state index in [1.807, 2.05) is 30.3 Å². The van der Waals surface area contributed by atoms with Crippen molar-refractivity contribution in [3.05, 3.63) is 94.9 Å². The quantitative estimate of drug-likeness (QED) is 0.103. The summed E-state index contributed by atoms with van der Waals surface area (Å²) in [7, 11) is 3.18. The molecular formula is C34H36N2O6. The molecule has 0 aromatic heterocycles. The fourth-order valence-electron chi connectivity index (χ4n) is 4.74. The lowest BCUT2D eigenvalue weighted by Crippen LogP contribution is -2.21. The number of nitrogens with two attached hydrogens (primary N) is 1. The number of nitriles is 1. The molecule has 0 saturated carbocycles. The first kappa shape index (κ1) is 30.1. The van der Waals surface area contributed by atoms with Crippen molar-refractivity contribution in [2.75, 3.05) is 20.8 Å². The second-order valence-corrected chi connectivity index (χ2v) is 9.82. The van der Waals surface area contributed by atoms with E-state index in [4.69, 9.17) is 29.4 Å². The molecule has 1 aliphatic rings. The largest absolute Gasteiger partial charge is 0.497 e. The highest BCUT2D eigenvalue weighted by Crippen LogP contribution is 2.45. The second-order valence-electron chi connectivity index (χ2n) is 9.82. The molecule has 2 N–H and O–H groups in total. The number of hydrogen-bond acceptors (Lipinski definition) is 8. The molecule has 1 aliphatic heterocycles. The Kier molecular flexibility index (Phi) is 10.5. The molecule has 0 aliphatic carbocycles. The highest BCUT2D eigenvalue weighted by molar-refractivity contribution is 5.88. The summed E-state index contributed by atoms with van der Waals surface area (Å²) in [6.07, 6.45) is 8.72. The van der Waals surface area contributed by atoms with E-state index in [0.717, 1.165) is 29.7 Å². The number of ether oxygens (including phenoxy) is 5. The molecular weight excluding hydrogens is 532 g/mol. The Morgan fingerprint density at radius 1 is 0.952 bits per heavy atom. The first-order valence-corrected chi connectivity index (χ1v) is 14.0. The third-order valence-electron chi connectivity index (χ3n) is 6.96. The molecule has 42 heavy (non-hydrogen) atoms. The number of methoxy groups -OCH3 is 2. The molecule has 1 unspecified atom stereocenters. The Morgan fingerprint density at radius 3 is 2.43 bits per heavy atom. The predicted octanol–water partition coefficient (Wildman–Crippen LogP) is 6.89. The molecule has 3 aromatic rings. The van der Waals surface area contributed by atoms with Gasteiger partial charge in [0.25, 0.3) is 0 Å². The molecule has 0 saturated heterocycles. The second kappa shape index (κ2) is 14.6. The van der Waals surface area contributed by atoms with Crippen molar-refractivity contribution >= 4 is 12.0 Å². The molecule has 3 aromatic carbocycles. The fourth-order valence-corrected chi connectivity index (χ4v) is 4.74. The van der Waals surface area contributed by atoms with Crippen LogP contribution in [-0.4, -0.2) is 26.8 Å². The third kappa shape index (κ3) is 7.43. The molecule has 218 valence electrons. The van der Waals surface area contributed by atoms with Crippen molar-refractivity contribution in [1.29, 1.82) is 5.26 Å². The van der Waals surface area contributed by atoms with Crippen LogP contribution in [0.3, 0.4) is 0 Å². The molecule has 0 fully saturated rings. The normalized spacial score (nSPS) is 14.1. The van der Waals surface area contributed by atoms with Crippen LogP contribution in [0, 0.1) is 11.3 Å². The highest BCUT2D eigenvalue weighted by atomic mass is 16.5. The van der Waals surface area contributed by atoms with Crippen molar-refractivity contribution in [3.8, 4) is 34.8 Å². The number of allylic oxidation sites excluding steroid dienone is 1. The zero-order valence-electron chi connectivity index (χ0n) is 24.2. The Balaban J connectivity index is 1.51. The number of hydrogen-bond donors (Lipinski definition) is 1. The molecule has 0 amide bonds. The van der Waals surface area contributed by atoms with Crippen LogP contribution in [0.4, 0.5) is 0 Å². The molecule has 1 atom stereocenters. The summed E-state index contributed by atoms with van der Waals surface area (Å²) < 4.78 is 28.1. The van der Waals surface area contributed by atoms with Crippen LogP contribution in [0.2, 0.25) is 0 Å². The van der Waals surface area contributed by atoms with Crippen molar-refractivity contribution in [1.82, 2.24) is 0 Å². The zero-order chi connectivity index (χ0) is 29.9. The topological polar surface area (TPSA) is 113 Å². The standard InChI is InChI=1S/C34H36N2O6/c1-4-5-6-7-8-19-40-29-17-12-24(20-31(29)39-3)33-27-16-15-26(21-30(27)42-34(36)28(33)22-35)41-32(37)18-11-23-9-13-25(38-2)14-10-23/h9-18,20-21,33H,4-8,19,36H2,1-3H3/b18-11+. The van der Waals surface area contributed by atoms with Gasteiger partial charge in [-0.3, -0.25) is 0 Å². The Morgan fingerprint density at radius 2 is 1.71 bits per heavy atom. The van der Waals surface area contributed by atoms with Crippen LogP contribution < -0.4 is 29.4 Å². The van der Waals surface area contributed by atoms with Crippen LogP contribution in [0.15, 0.2) is 78.2 Å². The van der Waals surface area contributed by atoms with E-state index in [-0.39, 0.29) is 17.2 Å². The summed E-state index contributed by atoms with van der Waals surface area (Å²) in [6.45, 7) is 2.80. The minimum absolute atomic E-state index is 0.00995. The molecule has 0 spiro atoms. The van der Waals surface area contributed by atoms with Gasteiger partial charge in [-0.05, 0) is 54.0 Å². The minimum atomic E-state index is -0.551. The monoisotopic (exact) mass is 568 g/mol. The number of benzene rings is 3. The summed E-state index contributed by atoms with van der Waals surface area (Å²) >= 11 is 0. The van der Waals surface area contributed by atoms with Gasteiger partial charge in [0.2, 0.25) is 5.88 Å². The number of fused-ring (bicyclic) bond motifs is 1. The molecule has 1 heterocycles. The zero-order valence-corrected chi connectivity index (χ0v) is 24.2. The maximum atomic E-state index is 12.5. The van der Waals surface area contributed by atoms with E-state index in [2.05, 4.69) is 13.0 Å². The van der Waals surface area contributed by atoms with Gasteiger partial charge < -0.3 is 29.4 Å². The van der Waals surface area contributed by atoms with E-state index in [1.54, 1.807) is 50.6 Å². The van der Waals surface area contributed by atoms with E-state index < -0.39 is 11.9 Å². The SMILES string of the molecule is CCCCCCCOc1ccc(C2C(C#N)=C(N)Oc3cc(OC(=O)/C=C/c4ccc(OC)cc4)ccc32)cc1OC. The van der Waals surface area contributed by atoms with Crippen LogP contribution >= 0.6 is 0 Å². The van der Waals surface area contributed by atoms with Crippen molar-refractivity contribution in [2.24, 2.45) is 5.73 Å². The van der Waals surface area contributed by atoms with Gasteiger partial charge in [0, 0.05) is 17.7 Å². The smallest absolute Gasteiger partial charge is 0.336 e. The van der Waals surface area contributed by atoms with E-state index >= 15 is 0 Å². The first-order chi connectivity index (χ1) is 20.5. The van der Waals surface area contributed by atoms with Crippen molar-refractivity contribution < 1.29 is 28.5 Å². The van der Waals surface area contributed by atoms with Gasteiger partial charge in [0.05, 0.1) is 26.7 Å². The highest BCUT2D eigenvalue weighted by Gasteiger charge is 2.31. The van der Waals surface area contributed by atoms with Gasteiger partial charge in [-0.25, -0.2) is 4.79 Å². The van der Waals surface area contributed by atoms with Gasteiger partial charge in [-0.1, -0.05) is 56.9 Å². The molecule has 8 heteroatoms. The summed E-state index contributed by atoms with van der Waals surface area (Å²) in [4.78, 5) is 12.5. The average Bonchev–Trinajstić information content (AvgIpc) is 3.01. The maximum Gasteiger partial charge on any atom is 0.336 e. The van der Waals surface area contributed by atoms with Crippen molar-refractivity contribution in [2.45, 2.75) is 44.9 Å². The van der Waals surface area contributed by atoms with Crippen molar-refractivity contribution in [3.63, 3.8) is 0 Å². The summed E-state index contributed by atoms with van der Waals surface area (Å²) in [5.74, 6) is 1.55. The van der Waals surface area contributed by atoms with E-state index in [0.29, 0.717) is 29.4 Å². The van der Waals surface area contributed by atoms with Gasteiger partial charge >= 0.3 is 5.97 Å². The molecule has 4 rings (SSSR count). The maximum absolute atomic E-state index is 12.5. The lowest BCUT2D eigenvalue weighted by molar-refractivity contribution is -0.128. The van der Waals surface area contributed by atoms with Crippen LogP contribution in [0.25, 0.3) is 6.08 Å². The Hall–Kier alpha value is -4.90. The first-order valence-electron chi connectivity index (χ1n) is 14.0. The van der Waals surface area contributed by atoms with Gasteiger partial charge in [0.15, 0.2) is 11.5 Å². The number of carbonyl (C=O) groups is 1. The number of nitrogens with zero attached hydrogens (tertiary/aromatic N) is 1. The summed E-state index contributed by atoms with van der Waals surface area (Å²) in [5.41, 5.74) is 8.79. The van der Waals surface area contributed by atoms with Gasteiger partial charge in [-0.15, -0.1) is 0 Å². The van der Waals surface area contributed by atoms with Crippen LogP contribution in [0.5, 0.6) is 28.7 Å². The van der Waals surface area contributed by atoms with Gasteiger partial charge in [0.1, 0.15) is 28.9 Å². The lowest BCUT2D eigenvalue weighted by atomic mass is 9.83. The predicted molar refractivity (Wildman–Crippen MR) is 161 cm³/mol. The van der Waals surface area contributed by atoms with E-state index in [9.17, 15) is 10.1 Å². The number of unbranched alkanes of at least 4 members (excludes halogenated alkanes) is 4. The number of esters is 1. The summed E-state index contributed by atoms with van der Waals surface area (Å²) in [6, 6.07) is 20.1. The Bertz CT molecular complexity index is 1490. The number of rotatable bonds is 13. The average molecular weight is 569 g/mol.